The second-order valence-electron chi connectivity index (χ2n) is 13.9. The summed E-state index contributed by atoms with van der Waals surface area (Å²) in [6.45, 7) is 4.21. The fourth-order valence-electron chi connectivity index (χ4n) is 8.79. The van der Waals surface area contributed by atoms with Gasteiger partial charge in [-0.25, -0.2) is 4.98 Å². The molecule has 5 nitrogen and oxygen atoms in total. The van der Waals surface area contributed by atoms with Gasteiger partial charge in [-0.15, -0.1) is 0 Å². The Kier molecular flexibility index (Phi) is 3.59. The van der Waals surface area contributed by atoms with Gasteiger partial charge in [-0.05, 0) is 61.6 Å². The molecular weight excluding hydrogens is 647 g/mol. The van der Waals surface area contributed by atoms with E-state index in [4.69, 9.17) is 27.8 Å². The quantitative estimate of drug-likeness (QED) is 0.183. The maximum Gasteiger partial charge on any atom is 0.233 e. The Labute approximate surface area is 335 Å². The van der Waals surface area contributed by atoms with Crippen LogP contribution in [0, 0.1) is 0 Å². The van der Waals surface area contributed by atoms with Crippen LogP contribution < -0.4 is 4.90 Å². The highest BCUT2D eigenvalue weighted by Gasteiger charge is 2.58. The van der Waals surface area contributed by atoms with Crippen LogP contribution in [-0.4, -0.2) is 24.6 Å². The van der Waals surface area contributed by atoms with Crippen LogP contribution in [0.4, 0.5) is 11.6 Å². The lowest BCUT2D eigenvalue weighted by molar-refractivity contribution is 0.193. The highest BCUT2D eigenvalue weighted by molar-refractivity contribution is 6.10. The Bertz CT molecular complexity index is 3920. The van der Waals surface area contributed by atoms with Crippen molar-refractivity contribution in [3.05, 3.63) is 157 Å². The predicted molar refractivity (Wildman–Crippen MR) is 219 cm³/mol. The molecule has 1 fully saturated rings. The van der Waals surface area contributed by atoms with E-state index in [1.807, 2.05) is 29.2 Å². The average molecular weight is 705 g/mol. The molecular formula is C48H39N5. The maximum atomic E-state index is 9.73. The molecule has 0 amide bonds. The number of hydrogen-bond donors (Lipinski definition) is 0. The van der Waals surface area contributed by atoms with Crippen molar-refractivity contribution in [1.82, 2.24) is 19.1 Å². The molecule has 3 aromatic heterocycles. The molecule has 0 radical (unpaired) electrons. The van der Waals surface area contributed by atoms with Crippen molar-refractivity contribution in [2.24, 2.45) is 0 Å². The fraction of sp³-hybridized carbons (Fsp3) is 0.167. The van der Waals surface area contributed by atoms with E-state index in [-0.39, 0.29) is 61.1 Å². The minimum absolute atomic E-state index is 0.0721. The Balaban J connectivity index is 1.38. The summed E-state index contributed by atoms with van der Waals surface area (Å²) >= 11 is 0. The van der Waals surface area contributed by atoms with Crippen molar-refractivity contribution in [1.29, 1.82) is 0 Å². The van der Waals surface area contributed by atoms with Crippen LogP contribution in [0.1, 0.15) is 71.1 Å². The lowest BCUT2D eigenvalue weighted by Gasteiger charge is -2.49. The van der Waals surface area contributed by atoms with Gasteiger partial charge in [0.15, 0.2) is 0 Å². The van der Waals surface area contributed by atoms with E-state index < -0.39 is 137 Å². The third-order valence-corrected chi connectivity index (χ3v) is 11.4. The first-order valence-corrected chi connectivity index (χ1v) is 17.3. The molecule has 53 heavy (non-hydrogen) atoms. The van der Waals surface area contributed by atoms with Crippen molar-refractivity contribution in [2.75, 3.05) is 4.90 Å². The summed E-state index contributed by atoms with van der Waals surface area (Å²) in [6.07, 6.45) is 3.07. The Morgan fingerprint density at radius 2 is 1.15 bits per heavy atom. The molecule has 1 aliphatic heterocycles. The van der Waals surface area contributed by atoms with E-state index in [0.717, 1.165) is 29.4 Å². The molecule has 5 heteroatoms. The molecule has 11 rings (SSSR count). The lowest BCUT2D eigenvalue weighted by atomic mass is 9.61. The number of anilines is 2. The van der Waals surface area contributed by atoms with Crippen LogP contribution in [0.5, 0.6) is 0 Å². The third-order valence-electron chi connectivity index (χ3n) is 11.4. The second kappa shape index (κ2) is 11.1. The minimum atomic E-state index is -0.786. The SMILES string of the molecule is [2H]c1cc2c3c([2H])c([2H])c([2H])c([2H])c3n(-c3c([2H])c([2H])c([2H])c([2H])c3-c3cc(-n4c5c([2H])c([2H])c([2H])c([2H])c5c5c([2H])c([2H])c([2H])c([2H])c54)nc(N4c5ccccc5C5(C)CCCCC45C)n3)c2c([2H])c1[2H]. The molecule has 0 N–H and O–H groups in total. The van der Waals surface area contributed by atoms with Crippen molar-refractivity contribution in [3.8, 4) is 22.8 Å². The molecule has 0 spiro atoms. The largest absolute Gasteiger partial charge is 0.309 e. The zero-order chi connectivity index (χ0) is 51.8. The number of nitrogens with zero attached hydrogens (tertiary/aromatic N) is 5. The highest BCUT2D eigenvalue weighted by atomic mass is 15.3. The summed E-state index contributed by atoms with van der Waals surface area (Å²) in [5.41, 5.74) is -1.94. The number of para-hydroxylation sites is 6. The van der Waals surface area contributed by atoms with Gasteiger partial charge >= 0.3 is 0 Å². The van der Waals surface area contributed by atoms with Gasteiger partial charge in [-0.2, -0.15) is 4.98 Å². The van der Waals surface area contributed by atoms with E-state index >= 15 is 0 Å². The molecule has 1 saturated carbocycles. The van der Waals surface area contributed by atoms with Crippen LogP contribution >= 0.6 is 0 Å². The van der Waals surface area contributed by atoms with Crippen molar-refractivity contribution < 1.29 is 26.0 Å². The first kappa shape index (κ1) is 17.1. The van der Waals surface area contributed by atoms with E-state index in [1.165, 1.54) is 16.7 Å². The number of rotatable bonds is 4. The summed E-state index contributed by atoms with van der Waals surface area (Å²) in [5, 5.41) is -0.746. The van der Waals surface area contributed by atoms with Crippen LogP contribution in [0.3, 0.4) is 0 Å². The van der Waals surface area contributed by atoms with Gasteiger partial charge in [0.1, 0.15) is 5.82 Å². The second-order valence-corrected chi connectivity index (χ2v) is 13.9. The standard InChI is InChI=1S/C48H39N5/c1-47-29-15-16-30-48(47,2)53(44-28-14-8-22-37(44)47)46-49-38(31-45(50-46)52-41-25-11-5-19-34(41)35-20-6-12-26-42(35)52)36-21-7-13-27-43(36)51-39-23-9-3-17-32(39)33-18-4-10-24-40(33)51/h3-14,17-28,31H,15-16,29-30H2,1-2H3/i3D,4D,5D,6D,7D,9D,10D,11D,12D,13D,17D,19D,20D,21D,23D,24D,25D,26D,27D. The minimum Gasteiger partial charge on any atom is -0.309 e. The predicted octanol–water partition coefficient (Wildman–Crippen LogP) is 12.1. The molecule has 0 saturated heterocycles. The van der Waals surface area contributed by atoms with E-state index in [2.05, 4.69) is 13.8 Å². The van der Waals surface area contributed by atoms with Gasteiger partial charge in [-0.3, -0.25) is 4.57 Å². The molecule has 1 aliphatic carbocycles. The number of aromatic nitrogens is 4. The monoisotopic (exact) mass is 704 g/mol. The van der Waals surface area contributed by atoms with Gasteiger partial charge in [0.2, 0.25) is 5.95 Å². The first-order chi connectivity index (χ1) is 33.9. The summed E-state index contributed by atoms with van der Waals surface area (Å²) in [4.78, 5) is 12.3. The van der Waals surface area contributed by atoms with Crippen molar-refractivity contribution >= 4 is 55.2 Å². The van der Waals surface area contributed by atoms with Crippen molar-refractivity contribution in [2.45, 2.75) is 50.5 Å². The Morgan fingerprint density at radius 3 is 1.91 bits per heavy atom. The smallest absolute Gasteiger partial charge is 0.233 e. The molecule has 4 heterocycles. The van der Waals surface area contributed by atoms with Crippen LogP contribution in [0.25, 0.3) is 66.4 Å². The van der Waals surface area contributed by atoms with E-state index in [9.17, 15) is 8.22 Å². The Hall–Kier alpha value is -6.20. The average Bonchev–Trinajstić information content (AvgIpc) is 3.97. The molecule has 0 bridgehead atoms. The fourth-order valence-corrected chi connectivity index (χ4v) is 8.79. The zero-order valence-electron chi connectivity index (χ0n) is 47.5. The summed E-state index contributed by atoms with van der Waals surface area (Å²) in [5.74, 6) is -0.317. The Morgan fingerprint density at radius 1 is 0.566 bits per heavy atom. The number of fused-ring (bicyclic) bond motifs is 9. The molecule has 2 unspecified atom stereocenters. The van der Waals surface area contributed by atoms with Gasteiger partial charge in [0.25, 0.3) is 0 Å². The normalized spacial score (nSPS) is 24.7. The number of benzene rings is 6. The van der Waals surface area contributed by atoms with Gasteiger partial charge in [0.05, 0.1) is 65.0 Å². The summed E-state index contributed by atoms with van der Waals surface area (Å²) < 4.78 is 174. The third kappa shape index (κ3) is 4.13. The van der Waals surface area contributed by atoms with Crippen molar-refractivity contribution in [3.63, 3.8) is 0 Å². The van der Waals surface area contributed by atoms with Crippen LogP contribution in [0.15, 0.2) is 151 Å². The summed E-state index contributed by atoms with van der Waals surface area (Å²) in [6, 6.07) is -2.34. The molecule has 6 aromatic carbocycles. The topological polar surface area (TPSA) is 38.9 Å². The lowest BCUT2D eigenvalue weighted by Crippen LogP contribution is -2.55. The molecule has 256 valence electrons. The van der Waals surface area contributed by atoms with Crippen LogP contribution in [-0.2, 0) is 5.41 Å². The molecule has 2 atom stereocenters. The van der Waals surface area contributed by atoms with E-state index in [0.29, 0.717) is 12.1 Å². The van der Waals surface area contributed by atoms with E-state index in [1.54, 1.807) is 0 Å². The maximum absolute atomic E-state index is 9.73. The number of hydrogen-bond acceptors (Lipinski definition) is 3. The molecule has 9 aromatic rings. The van der Waals surface area contributed by atoms with Gasteiger partial charge in [-0.1, -0.05) is 129 Å². The van der Waals surface area contributed by atoms with Crippen LogP contribution in [0.2, 0.25) is 0 Å². The van der Waals surface area contributed by atoms with Gasteiger partial charge < -0.3 is 9.47 Å². The zero-order valence-corrected chi connectivity index (χ0v) is 28.5. The van der Waals surface area contributed by atoms with Gasteiger partial charge in [0, 0.05) is 44.3 Å². The molecule has 2 aliphatic rings. The summed E-state index contributed by atoms with van der Waals surface area (Å²) in [7, 11) is 0. The highest BCUT2D eigenvalue weighted by Crippen LogP contribution is 2.60. The first-order valence-electron chi connectivity index (χ1n) is 26.8.